The monoisotopic (exact) mass is 399 g/mol. The minimum atomic E-state index is -0.435. The minimum absolute atomic E-state index is 0.170. The van der Waals surface area contributed by atoms with Gasteiger partial charge in [0.25, 0.3) is 0 Å². The molecular weight excluding hydrogens is 373 g/mol. The Morgan fingerprint density at radius 2 is 1.62 bits per heavy atom. The van der Waals surface area contributed by atoms with E-state index in [4.69, 9.17) is 0 Å². The number of nitrogens with zero attached hydrogens (tertiary/aromatic N) is 1. The lowest BCUT2D eigenvalue weighted by Crippen LogP contribution is -2.42. The summed E-state index contributed by atoms with van der Waals surface area (Å²) in [4.78, 5) is 38.0. The summed E-state index contributed by atoms with van der Waals surface area (Å²) in [5, 5.41) is 5.23. The van der Waals surface area contributed by atoms with E-state index in [0.29, 0.717) is 18.5 Å². The number of hydrogen-bond donors (Lipinski definition) is 2. The number of aryl methyl sites for hydroxylation is 1. The number of carbonyl (C=O) groups excluding carboxylic acids is 3. The van der Waals surface area contributed by atoms with Crippen molar-refractivity contribution < 1.29 is 18.8 Å². The van der Waals surface area contributed by atoms with Gasteiger partial charge >= 0.3 is 0 Å². The molecule has 7 heteroatoms. The van der Waals surface area contributed by atoms with Gasteiger partial charge in [-0.15, -0.1) is 0 Å². The molecule has 0 radical (unpaired) electrons. The van der Waals surface area contributed by atoms with Crippen LogP contribution >= 0.6 is 0 Å². The van der Waals surface area contributed by atoms with E-state index in [1.165, 1.54) is 17.0 Å². The molecule has 154 valence electrons. The quantitative estimate of drug-likeness (QED) is 0.680. The van der Waals surface area contributed by atoms with Crippen molar-refractivity contribution >= 4 is 23.4 Å². The molecule has 0 saturated carbocycles. The molecule has 0 saturated heterocycles. The van der Waals surface area contributed by atoms with Crippen LogP contribution in [-0.2, 0) is 20.9 Å². The number of nitrogens with one attached hydrogen (secondary N) is 2. The van der Waals surface area contributed by atoms with Crippen molar-refractivity contribution in [1.29, 1.82) is 0 Å². The lowest BCUT2D eigenvalue weighted by molar-refractivity contribution is -0.136. The van der Waals surface area contributed by atoms with Crippen LogP contribution in [0, 0.1) is 12.7 Å². The lowest BCUT2D eigenvalue weighted by Gasteiger charge is -2.22. The number of benzene rings is 2. The molecule has 0 aliphatic carbocycles. The Morgan fingerprint density at radius 3 is 2.24 bits per heavy atom. The first-order valence-corrected chi connectivity index (χ1v) is 9.53. The van der Waals surface area contributed by atoms with Crippen molar-refractivity contribution in [2.75, 3.05) is 18.4 Å². The highest BCUT2D eigenvalue weighted by Gasteiger charge is 2.17. The van der Waals surface area contributed by atoms with E-state index in [2.05, 4.69) is 10.6 Å². The van der Waals surface area contributed by atoms with E-state index in [1.807, 2.05) is 26.0 Å². The highest BCUT2D eigenvalue weighted by Crippen LogP contribution is 2.09. The van der Waals surface area contributed by atoms with Gasteiger partial charge in [-0.25, -0.2) is 4.39 Å². The molecule has 0 bridgehead atoms. The molecule has 0 unspecified atom stereocenters. The van der Waals surface area contributed by atoms with Gasteiger partial charge in [0.15, 0.2) is 0 Å². The van der Waals surface area contributed by atoms with Gasteiger partial charge in [0.1, 0.15) is 5.82 Å². The molecule has 0 aliphatic heterocycles. The fraction of sp³-hybridized carbons (Fsp3) is 0.318. The van der Waals surface area contributed by atoms with Crippen LogP contribution in [0.1, 0.15) is 30.9 Å². The first-order valence-electron chi connectivity index (χ1n) is 9.53. The highest BCUT2D eigenvalue weighted by atomic mass is 19.1. The van der Waals surface area contributed by atoms with E-state index in [9.17, 15) is 18.8 Å². The van der Waals surface area contributed by atoms with Gasteiger partial charge in [0.2, 0.25) is 17.7 Å². The Bertz CT molecular complexity index is 835. The number of carbonyl (C=O) groups is 3. The molecule has 0 fully saturated rings. The zero-order valence-corrected chi connectivity index (χ0v) is 16.7. The van der Waals surface area contributed by atoms with Crippen LogP contribution < -0.4 is 10.6 Å². The number of halogens is 1. The molecule has 0 aliphatic rings. The third-order valence-electron chi connectivity index (χ3n) is 4.22. The summed E-state index contributed by atoms with van der Waals surface area (Å²) in [6.45, 7) is 3.65. The van der Waals surface area contributed by atoms with Crippen LogP contribution in [-0.4, -0.2) is 35.7 Å². The summed E-state index contributed by atoms with van der Waals surface area (Å²) < 4.78 is 13.1. The highest BCUT2D eigenvalue weighted by molar-refractivity contribution is 5.95. The minimum Gasteiger partial charge on any atom is -0.345 e. The average Bonchev–Trinajstić information content (AvgIpc) is 2.69. The maximum Gasteiger partial charge on any atom is 0.243 e. The normalized spacial score (nSPS) is 10.3. The lowest BCUT2D eigenvalue weighted by atomic mass is 10.2. The molecule has 2 aromatic rings. The van der Waals surface area contributed by atoms with Crippen LogP contribution in [0.5, 0.6) is 0 Å². The second-order valence-electron chi connectivity index (χ2n) is 6.82. The first-order chi connectivity index (χ1) is 13.9. The standard InChI is InChI=1S/C22H26FN3O3/c1-3-4-22(29)26(14-17-7-9-18(23)10-8-17)15-21(28)24-13-20(27)25-19-11-5-16(2)6-12-19/h5-12H,3-4,13-15H2,1-2H3,(H,24,28)(H,25,27). The maximum atomic E-state index is 13.1. The second-order valence-corrected chi connectivity index (χ2v) is 6.82. The maximum absolute atomic E-state index is 13.1. The molecule has 2 N–H and O–H groups in total. The Labute approximate surface area is 170 Å². The second kappa shape index (κ2) is 10.9. The molecular formula is C22H26FN3O3. The van der Waals surface area contributed by atoms with Gasteiger partial charge < -0.3 is 15.5 Å². The van der Waals surface area contributed by atoms with Gasteiger partial charge in [-0.2, -0.15) is 0 Å². The largest absolute Gasteiger partial charge is 0.345 e. The van der Waals surface area contributed by atoms with E-state index in [0.717, 1.165) is 11.1 Å². The summed E-state index contributed by atoms with van der Waals surface area (Å²) in [5.41, 5.74) is 2.45. The predicted molar refractivity (Wildman–Crippen MR) is 110 cm³/mol. The van der Waals surface area contributed by atoms with Gasteiger partial charge in [-0.05, 0) is 43.2 Å². The summed E-state index contributed by atoms with van der Waals surface area (Å²) in [5.74, 6) is -1.32. The zero-order chi connectivity index (χ0) is 21.2. The van der Waals surface area contributed by atoms with E-state index in [1.54, 1.807) is 24.3 Å². The fourth-order valence-corrected chi connectivity index (χ4v) is 2.66. The topological polar surface area (TPSA) is 78.5 Å². The van der Waals surface area contributed by atoms with Crippen LogP contribution in [0.4, 0.5) is 10.1 Å². The number of amides is 3. The van der Waals surface area contributed by atoms with Crippen molar-refractivity contribution in [3.05, 3.63) is 65.5 Å². The summed E-state index contributed by atoms with van der Waals surface area (Å²) >= 11 is 0. The number of rotatable bonds is 9. The van der Waals surface area contributed by atoms with E-state index in [-0.39, 0.29) is 37.3 Å². The summed E-state index contributed by atoms with van der Waals surface area (Å²) in [7, 11) is 0. The molecule has 29 heavy (non-hydrogen) atoms. The van der Waals surface area contributed by atoms with Crippen LogP contribution in [0.15, 0.2) is 48.5 Å². The van der Waals surface area contributed by atoms with Crippen LogP contribution in [0.3, 0.4) is 0 Å². The van der Waals surface area contributed by atoms with Crippen LogP contribution in [0.25, 0.3) is 0 Å². The Balaban J connectivity index is 1.88. The SMILES string of the molecule is CCCC(=O)N(CC(=O)NCC(=O)Nc1ccc(C)cc1)Cc1ccc(F)cc1. The molecule has 0 aromatic heterocycles. The van der Waals surface area contributed by atoms with Gasteiger partial charge in [-0.1, -0.05) is 36.8 Å². The smallest absolute Gasteiger partial charge is 0.243 e. The van der Waals surface area contributed by atoms with E-state index < -0.39 is 5.91 Å². The first kappa shape index (κ1) is 22.1. The Kier molecular flexibility index (Phi) is 8.33. The third-order valence-corrected chi connectivity index (χ3v) is 4.22. The molecule has 2 aromatic carbocycles. The van der Waals surface area contributed by atoms with E-state index >= 15 is 0 Å². The zero-order valence-electron chi connectivity index (χ0n) is 16.7. The third kappa shape index (κ3) is 7.73. The fourth-order valence-electron chi connectivity index (χ4n) is 2.66. The Hall–Kier alpha value is -3.22. The molecule has 3 amide bonds. The summed E-state index contributed by atoms with van der Waals surface area (Å²) in [6, 6.07) is 13.1. The van der Waals surface area contributed by atoms with Gasteiger partial charge in [0.05, 0.1) is 13.1 Å². The van der Waals surface area contributed by atoms with Gasteiger partial charge in [0, 0.05) is 18.7 Å². The number of anilines is 1. The van der Waals surface area contributed by atoms with Crippen LogP contribution in [0.2, 0.25) is 0 Å². The molecule has 0 spiro atoms. The molecule has 6 nitrogen and oxygen atoms in total. The average molecular weight is 399 g/mol. The predicted octanol–water partition coefficient (Wildman–Crippen LogP) is 3.02. The van der Waals surface area contributed by atoms with Crippen molar-refractivity contribution in [2.45, 2.75) is 33.2 Å². The van der Waals surface area contributed by atoms with Crippen molar-refractivity contribution in [3.63, 3.8) is 0 Å². The van der Waals surface area contributed by atoms with Crippen molar-refractivity contribution in [2.24, 2.45) is 0 Å². The molecule has 0 heterocycles. The van der Waals surface area contributed by atoms with Gasteiger partial charge in [-0.3, -0.25) is 14.4 Å². The number of hydrogen-bond acceptors (Lipinski definition) is 3. The van der Waals surface area contributed by atoms with Crippen molar-refractivity contribution in [1.82, 2.24) is 10.2 Å². The summed E-state index contributed by atoms with van der Waals surface area (Å²) in [6.07, 6.45) is 0.960. The Morgan fingerprint density at radius 1 is 0.966 bits per heavy atom. The van der Waals surface area contributed by atoms with Crippen molar-refractivity contribution in [3.8, 4) is 0 Å². The molecule has 0 atom stereocenters. The molecule has 2 rings (SSSR count).